The molecule has 0 N–H and O–H groups in total. The van der Waals surface area contributed by atoms with Crippen LogP contribution in [0.2, 0.25) is 0 Å². The first-order chi connectivity index (χ1) is 3.97. The lowest BCUT2D eigenvalue weighted by Gasteiger charge is -2.05. The summed E-state index contributed by atoms with van der Waals surface area (Å²) in [5, 5.41) is 1.92. The van der Waals surface area contributed by atoms with Crippen molar-refractivity contribution in [3.63, 3.8) is 0 Å². The predicted octanol–water partition coefficient (Wildman–Crippen LogP) is 0.328. The van der Waals surface area contributed by atoms with Crippen molar-refractivity contribution in [3.8, 4) is 0 Å². The monoisotopic (exact) mass is 115 g/mol. The molecule has 1 unspecified atom stereocenters. The zero-order valence-corrected chi connectivity index (χ0v) is 4.67. The average Bonchev–Trinajstić information content (AvgIpc) is 2.15. The Hall–Kier alpha value is -0.120. The summed E-state index contributed by atoms with van der Waals surface area (Å²) in [7, 11) is 0. The maximum atomic E-state index is 4.81. The maximum absolute atomic E-state index is 4.81. The fraction of sp³-hybridized carbons (Fsp3) is 1.00. The van der Waals surface area contributed by atoms with Crippen LogP contribution in [-0.2, 0) is 9.88 Å². The Kier molecular flexibility index (Phi) is 0.997. The van der Waals surface area contributed by atoms with E-state index >= 15 is 0 Å². The van der Waals surface area contributed by atoms with Gasteiger partial charge in [0.2, 0.25) is 0 Å². The van der Waals surface area contributed by atoms with Gasteiger partial charge in [-0.15, -0.1) is 4.99 Å². The Labute approximate surface area is 48.1 Å². The van der Waals surface area contributed by atoms with Gasteiger partial charge < -0.3 is 0 Å². The van der Waals surface area contributed by atoms with Crippen LogP contribution in [0.4, 0.5) is 0 Å². The second-order valence-corrected chi connectivity index (χ2v) is 2.30. The number of hydrogen-bond donors (Lipinski definition) is 0. The lowest BCUT2D eigenvalue weighted by atomic mass is 10.2. The highest BCUT2D eigenvalue weighted by atomic mass is 17.3. The third kappa shape index (κ3) is 0.555. The van der Waals surface area contributed by atoms with Crippen molar-refractivity contribution < 1.29 is 9.88 Å². The molecule has 2 saturated heterocycles. The van der Waals surface area contributed by atoms with E-state index in [1.54, 1.807) is 0 Å². The van der Waals surface area contributed by atoms with Crippen LogP contribution in [0, 0.1) is 0 Å². The molecule has 2 fully saturated rings. The van der Waals surface area contributed by atoms with Crippen LogP contribution in [0.25, 0.3) is 0 Å². The SMILES string of the molecule is C1CC2COON2C1. The summed E-state index contributed by atoms with van der Waals surface area (Å²) in [6, 6.07) is 0.565. The first kappa shape index (κ1) is 4.73. The molecule has 2 aliphatic heterocycles. The number of fused-ring (bicyclic) bond motifs is 1. The minimum atomic E-state index is 0.565. The Morgan fingerprint density at radius 3 is 3.38 bits per heavy atom. The third-order valence-electron chi connectivity index (χ3n) is 1.73. The van der Waals surface area contributed by atoms with Gasteiger partial charge in [0.1, 0.15) is 6.61 Å². The number of hydroxylamine groups is 2. The molecule has 0 saturated carbocycles. The molecule has 0 amide bonds. The molecule has 2 rings (SSSR count). The van der Waals surface area contributed by atoms with E-state index < -0.39 is 0 Å². The molecule has 0 aliphatic carbocycles. The van der Waals surface area contributed by atoms with Crippen LogP contribution in [0.5, 0.6) is 0 Å². The van der Waals surface area contributed by atoms with Crippen molar-refractivity contribution in [1.29, 1.82) is 0 Å². The smallest absolute Gasteiger partial charge is 0.102 e. The number of rotatable bonds is 0. The van der Waals surface area contributed by atoms with E-state index in [1.807, 2.05) is 5.06 Å². The molecule has 1 atom stereocenters. The van der Waals surface area contributed by atoms with E-state index in [0.717, 1.165) is 13.2 Å². The van der Waals surface area contributed by atoms with Crippen molar-refractivity contribution in [3.05, 3.63) is 0 Å². The van der Waals surface area contributed by atoms with Crippen molar-refractivity contribution in [2.75, 3.05) is 13.2 Å². The standard InChI is InChI=1S/C5H9NO2/c1-2-5-4-7-8-6(5)3-1/h5H,1-4H2. The summed E-state index contributed by atoms with van der Waals surface area (Å²) in [4.78, 5) is 9.55. The second kappa shape index (κ2) is 1.69. The van der Waals surface area contributed by atoms with E-state index in [1.165, 1.54) is 12.8 Å². The number of nitrogens with zero attached hydrogens (tertiary/aromatic N) is 1. The maximum Gasteiger partial charge on any atom is 0.102 e. The van der Waals surface area contributed by atoms with Crippen LogP contribution in [0.15, 0.2) is 0 Å². The molecule has 2 aliphatic rings. The topological polar surface area (TPSA) is 21.7 Å². The summed E-state index contributed by atoms with van der Waals surface area (Å²) in [5.74, 6) is 0. The van der Waals surface area contributed by atoms with Gasteiger partial charge in [-0.05, 0) is 12.8 Å². The average molecular weight is 115 g/mol. The van der Waals surface area contributed by atoms with E-state index in [9.17, 15) is 0 Å². The molecule has 0 aromatic carbocycles. The lowest BCUT2D eigenvalue weighted by molar-refractivity contribution is -0.369. The van der Waals surface area contributed by atoms with Crippen LogP contribution >= 0.6 is 0 Å². The normalized spacial score (nSPS) is 38.2. The van der Waals surface area contributed by atoms with Crippen LogP contribution < -0.4 is 0 Å². The van der Waals surface area contributed by atoms with E-state index in [0.29, 0.717) is 6.04 Å². The molecule has 46 valence electrons. The minimum Gasteiger partial charge on any atom is -0.216 e. The van der Waals surface area contributed by atoms with Crippen molar-refractivity contribution in [2.45, 2.75) is 18.9 Å². The van der Waals surface area contributed by atoms with Crippen molar-refractivity contribution in [1.82, 2.24) is 5.06 Å². The molecule has 0 aromatic heterocycles. The Bertz CT molecular complexity index is 76.4. The molecule has 8 heavy (non-hydrogen) atoms. The van der Waals surface area contributed by atoms with Gasteiger partial charge >= 0.3 is 0 Å². The summed E-state index contributed by atoms with van der Waals surface area (Å²) < 4.78 is 0. The highest BCUT2D eigenvalue weighted by Crippen LogP contribution is 2.22. The van der Waals surface area contributed by atoms with Gasteiger partial charge in [-0.3, -0.25) is 0 Å². The van der Waals surface area contributed by atoms with Crippen LogP contribution in [0.1, 0.15) is 12.8 Å². The summed E-state index contributed by atoms with van der Waals surface area (Å²) in [6.45, 7) is 1.81. The molecule has 3 heteroatoms. The van der Waals surface area contributed by atoms with Gasteiger partial charge in [-0.2, -0.15) is 5.06 Å². The largest absolute Gasteiger partial charge is 0.216 e. The Balaban J connectivity index is 2.04. The van der Waals surface area contributed by atoms with E-state index in [-0.39, 0.29) is 0 Å². The van der Waals surface area contributed by atoms with Crippen LogP contribution in [-0.4, -0.2) is 24.3 Å². The summed E-state index contributed by atoms with van der Waals surface area (Å²) in [6.07, 6.45) is 2.49. The number of hydrogen-bond acceptors (Lipinski definition) is 3. The predicted molar refractivity (Wildman–Crippen MR) is 26.8 cm³/mol. The third-order valence-corrected chi connectivity index (χ3v) is 1.73. The van der Waals surface area contributed by atoms with Gasteiger partial charge in [0.25, 0.3) is 0 Å². The lowest BCUT2D eigenvalue weighted by Crippen LogP contribution is -2.21. The van der Waals surface area contributed by atoms with E-state index in [4.69, 9.17) is 9.88 Å². The zero-order chi connectivity index (χ0) is 5.40. The van der Waals surface area contributed by atoms with Gasteiger partial charge in [-0.25, -0.2) is 4.89 Å². The quantitative estimate of drug-likeness (QED) is 0.424. The molecule has 0 radical (unpaired) electrons. The fourth-order valence-corrected chi connectivity index (χ4v) is 1.25. The summed E-state index contributed by atoms with van der Waals surface area (Å²) >= 11 is 0. The van der Waals surface area contributed by atoms with E-state index in [2.05, 4.69) is 0 Å². The highest BCUT2D eigenvalue weighted by Gasteiger charge is 2.31. The molecule has 3 nitrogen and oxygen atoms in total. The first-order valence-electron chi connectivity index (χ1n) is 3.03. The molecule has 2 heterocycles. The first-order valence-corrected chi connectivity index (χ1v) is 3.03. The van der Waals surface area contributed by atoms with Crippen molar-refractivity contribution >= 4 is 0 Å². The highest BCUT2D eigenvalue weighted by molar-refractivity contribution is 4.73. The second-order valence-electron chi connectivity index (χ2n) is 2.30. The van der Waals surface area contributed by atoms with Crippen LogP contribution in [0.3, 0.4) is 0 Å². The zero-order valence-electron chi connectivity index (χ0n) is 4.67. The molecule has 0 spiro atoms. The fourth-order valence-electron chi connectivity index (χ4n) is 1.25. The van der Waals surface area contributed by atoms with Gasteiger partial charge in [-0.1, -0.05) is 0 Å². The van der Waals surface area contributed by atoms with Crippen molar-refractivity contribution in [2.24, 2.45) is 0 Å². The van der Waals surface area contributed by atoms with Gasteiger partial charge in [0.05, 0.1) is 6.04 Å². The Morgan fingerprint density at radius 2 is 2.50 bits per heavy atom. The molecular formula is C5H9NO2. The molecule has 0 aromatic rings. The minimum absolute atomic E-state index is 0.565. The molecule has 0 bridgehead atoms. The van der Waals surface area contributed by atoms with Gasteiger partial charge in [0.15, 0.2) is 0 Å². The van der Waals surface area contributed by atoms with Gasteiger partial charge in [0, 0.05) is 6.54 Å². The Morgan fingerprint density at radius 1 is 1.50 bits per heavy atom. The summed E-state index contributed by atoms with van der Waals surface area (Å²) in [5.41, 5.74) is 0. The molecular weight excluding hydrogens is 106 g/mol.